The number of urea groups is 1. The van der Waals surface area contributed by atoms with Crippen molar-refractivity contribution in [1.29, 1.82) is 0 Å². The molecule has 2 aromatic carbocycles. The molecule has 0 radical (unpaired) electrons. The number of nitrogens with zero attached hydrogens (tertiary/aromatic N) is 1. The lowest BCUT2D eigenvalue weighted by molar-refractivity contribution is 0.0928. The number of rotatable bonds is 7. The molecule has 4 rings (SSSR count). The van der Waals surface area contributed by atoms with Gasteiger partial charge in [-0.1, -0.05) is 26.2 Å². The normalized spacial score (nSPS) is 16.8. The van der Waals surface area contributed by atoms with Gasteiger partial charge in [-0.25, -0.2) is 4.79 Å². The highest BCUT2D eigenvalue weighted by Crippen LogP contribution is 2.30. The molecule has 3 amide bonds. The second kappa shape index (κ2) is 12.0. The molecule has 0 unspecified atom stereocenters. The summed E-state index contributed by atoms with van der Waals surface area (Å²) in [6.45, 7) is 4.13. The highest BCUT2D eigenvalue weighted by molar-refractivity contribution is 6.04. The molecule has 1 saturated heterocycles. The summed E-state index contributed by atoms with van der Waals surface area (Å²) in [5, 5.41) is 8.93. The van der Waals surface area contributed by atoms with Gasteiger partial charge in [0.2, 0.25) is 0 Å². The van der Waals surface area contributed by atoms with Crippen molar-refractivity contribution >= 4 is 29.0 Å². The van der Waals surface area contributed by atoms with Crippen LogP contribution in [0.4, 0.5) is 21.9 Å². The highest BCUT2D eigenvalue weighted by Gasteiger charge is 2.24. The summed E-state index contributed by atoms with van der Waals surface area (Å²) in [4.78, 5) is 28.5. The molecule has 36 heavy (non-hydrogen) atoms. The Kier molecular flexibility index (Phi) is 8.57. The largest absolute Gasteiger partial charge is 0.497 e. The Morgan fingerprint density at radius 2 is 1.47 bits per heavy atom. The minimum atomic E-state index is -0.413. The average molecular weight is 495 g/mol. The fraction of sp³-hybridized carbons (Fsp3) is 0.500. The number of methoxy groups -OCH3 is 2. The first-order valence-corrected chi connectivity index (χ1v) is 13.0. The highest BCUT2D eigenvalue weighted by atomic mass is 16.5. The molecule has 0 spiro atoms. The third-order valence-corrected chi connectivity index (χ3v) is 7.17. The van der Waals surface area contributed by atoms with Crippen LogP contribution in [0.15, 0.2) is 36.4 Å². The second-order valence-corrected chi connectivity index (χ2v) is 9.89. The first kappa shape index (κ1) is 25.7. The molecule has 3 N–H and O–H groups in total. The van der Waals surface area contributed by atoms with Gasteiger partial charge in [0.25, 0.3) is 5.91 Å². The summed E-state index contributed by atoms with van der Waals surface area (Å²) < 4.78 is 10.6. The first-order valence-electron chi connectivity index (χ1n) is 13.0. The molecule has 8 nitrogen and oxygen atoms in total. The van der Waals surface area contributed by atoms with Gasteiger partial charge in [0, 0.05) is 54.4 Å². The molecule has 0 atom stereocenters. The number of hydrogen-bond acceptors (Lipinski definition) is 5. The molecule has 1 saturated carbocycles. The Hall–Kier alpha value is -3.42. The van der Waals surface area contributed by atoms with Crippen LogP contribution in [0.3, 0.4) is 0 Å². The predicted octanol–water partition coefficient (Wildman–Crippen LogP) is 5.65. The standard InChI is InChI=1S/C28H38N4O4/c1-19-11-13-32(14-12-19)26-10-9-21(17-25(26)27(33)29-20-7-5-4-6-8-20)30-28(34)31-22-15-23(35-2)18-24(16-22)36-3/h9-10,15-20H,4-8,11-14H2,1-3H3,(H,29,33)(H2,30,31,34). The van der Waals surface area contributed by atoms with Crippen LogP contribution in [0.2, 0.25) is 0 Å². The lowest BCUT2D eigenvalue weighted by Crippen LogP contribution is -2.38. The molecule has 8 heteroatoms. The number of piperidine rings is 1. The zero-order valence-corrected chi connectivity index (χ0v) is 21.6. The third kappa shape index (κ3) is 6.62. The topological polar surface area (TPSA) is 91.9 Å². The number of carbonyl (C=O) groups excluding carboxylic acids is 2. The molecule has 0 aromatic heterocycles. The van der Waals surface area contributed by atoms with Gasteiger partial charge in [0.1, 0.15) is 11.5 Å². The van der Waals surface area contributed by atoms with Crippen LogP contribution in [-0.4, -0.2) is 45.3 Å². The molecule has 2 fully saturated rings. The summed E-state index contributed by atoms with van der Waals surface area (Å²) in [5.74, 6) is 1.77. The Morgan fingerprint density at radius 1 is 0.833 bits per heavy atom. The van der Waals surface area contributed by atoms with Crippen molar-refractivity contribution in [1.82, 2.24) is 5.32 Å². The summed E-state index contributed by atoms with van der Waals surface area (Å²) in [6.07, 6.45) is 7.79. The van der Waals surface area contributed by atoms with Gasteiger partial charge in [-0.15, -0.1) is 0 Å². The SMILES string of the molecule is COc1cc(NC(=O)Nc2ccc(N3CCC(C)CC3)c(C(=O)NC3CCCCC3)c2)cc(OC)c1. The summed E-state index contributed by atoms with van der Waals surface area (Å²) in [7, 11) is 3.12. The van der Waals surface area contributed by atoms with Crippen molar-refractivity contribution in [2.75, 3.05) is 42.8 Å². The average Bonchev–Trinajstić information content (AvgIpc) is 2.89. The quantitative estimate of drug-likeness (QED) is 0.463. The molecule has 1 heterocycles. The molecule has 194 valence electrons. The molecule has 2 aromatic rings. The van der Waals surface area contributed by atoms with E-state index in [0.29, 0.717) is 34.4 Å². The van der Waals surface area contributed by atoms with E-state index in [1.165, 1.54) is 6.42 Å². The Morgan fingerprint density at radius 3 is 2.11 bits per heavy atom. The fourth-order valence-corrected chi connectivity index (χ4v) is 5.00. The number of nitrogens with one attached hydrogen (secondary N) is 3. The van der Waals surface area contributed by atoms with Crippen LogP contribution in [0.25, 0.3) is 0 Å². The van der Waals surface area contributed by atoms with E-state index in [4.69, 9.17) is 9.47 Å². The molecule has 1 aliphatic heterocycles. The van der Waals surface area contributed by atoms with Crippen LogP contribution in [0.5, 0.6) is 11.5 Å². The maximum atomic E-state index is 13.4. The number of carbonyl (C=O) groups is 2. The van der Waals surface area contributed by atoms with E-state index in [0.717, 1.165) is 57.3 Å². The van der Waals surface area contributed by atoms with Crippen molar-refractivity contribution < 1.29 is 19.1 Å². The smallest absolute Gasteiger partial charge is 0.323 e. The fourth-order valence-electron chi connectivity index (χ4n) is 5.00. The van der Waals surface area contributed by atoms with Crippen molar-refractivity contribution in [2.24, 2.45) is 5.92 Å². The number of benzene rings is 2. The lowest BCUT2D eigenvalue weighted by Gasteiger charge is -2.34. The van der Waals surface area contributed by atoms with Crippen LogP contribution in [-0.2, 0) is 0 Å². The summed E-state index contributed by atoms with van der Waals surface area (Å²) >= 11 is 0. The predicted molar refractivity (Wildman–Crippen MR) is 144 cm³/mol. The Labute approximate surface area is 213 Å². The van der Waals surface area contributed by atoms with E-state index in [-0.39, 0.29) is 11.9 Å². The van der Waals surface area contributed by atoms with Crippen LogP contribution < -0.4 is 30.3 Å². The van der Waals surface area contributed by atoms with Gasteiger partial charge >= 0.3 is 6.03 Å². The van der Waals surface area contributed by atoms with Crippen LogP contribution in [0.1, 0.15) is 62.2 Å². The van der Waals surface area contributed by atoms with E-state index in [9.17, 15) is 9.59 Å². The van der Waals surface area contributed by atoms with Gasteiger partial charge in [-0.2, -0.15) is 0 Å². The van der Waals surface area contributed by atoms with Crippen molar-refractivity contribution in [3.05, 3.63) is 42.0 Å². The molecular formula is C28H38N4O4. The van der Waals surface area contributed by atoms with Crippen LogP contribution in [0, 0.1) is 5.92 Å². The Balaban J connectivity index is 1.52. The van der Waals surface area contributed by atoms with E-state index >= 15 is 0 Å². The maximum absolute atomic E-state index is 13.4. The molecule has 1 aliphatic carbocycles. The zero-order chi connectivity index (χ0) is 25.5. The van der Waals surface area contributed by atoms with Crippen molar-refractivity contribution in [3.63, 3.8) is 0 Å². The Bertz CT molecular complexity index is 1040. The van der Waals surface area contributed by atoms with E-state index < -0.39 is 6.03 Å². The molecule has 0 bridgehead atoms. The lowest BCUT2D eigenvalue weighted by atomic mass is 9.95. The molecule has 2 aliphatic rings. The minimum Gasteiger partial charge on any atom is -0.497 e. The van der Waals surface area contributed by atoms with Gasteiger partial charge in [-0.05, 0) is 49.8 Å². The molecular weight excluding hydrogens is 456 g/mol. The van der Waals surface area contributed by atoms with E-state index in [1.807, 2.05) is 12.1 Å². The number of anilines is 3. The first-order chi connectivity index (χ1) is 17.4. The van der Waals surface area contributed by atoms with Crippen molar-refractivity contribution in [2.45, 2.75) is 57.9 Å². The summed E-state index contributed by atoms with van der Waals surface area (Å²) in [5.41, 5.74) is 2.64. The van der Waals surface area contributed by atoms with Gasteiger partial charge < -0.3 is 30.3 Å². The van der Waals surface area contributed by atoms with E-state index in [1.54, 1.807) is 38.5 Å². The third-order valence-electron chi connectivity index (χ3n) is 7.17. The zero-order valence-electron chi connectivity index (χ0n) is 21.6. The van der Waals surface area contributed by atoms with Gasteiger partial charge in [-0.3, -0.25) is 4.79 Å². The maximum Gasteiger partial charge on any atom is 0.323 e. The number of amides is 3. The summed E-state index contributed by atoms with van der Waals surface area (Å²) in [6, 6.07) is 10.6. The second-order valence-electron chi connectivity index (χ2n) is 9.89. The van der Waals surface area contributed by atoms with Crippen molar-refractivity contribution in [3.8, 4) is 11.5 Å². The van der Waals surface area contributed by atoms with Crippen LogP contribution >= 0.6 is 0 Å². The number of hydrogen-bond donors (Lipinski definition) is 3. The van der Waals surface area contributed by atoms with E-state index in [2.05, 4.69) is 27.8 Å². The monoisotopic (exact) mass is 494 g/mol. The van der Waals surface area contributed by atoms with Gasteiger partial charge in [0.15, 0.2) is 0 Å². The van der Waals surface area contributed by atoms with Gasteiger partial charge in [0.05, 0.1) is 19.8 Å². The minimum absolute atomic E-state index is 0.0721. The number of ether oxygens (including phenoxy) is 2.